The number of Topliss-reactive ketones (excluding diaryl/α,β-unsaturated/α-hetero) is 1. The number of nitrogens with zero attached hydrogens (tertiary/aromatic N) is 1. The van der Waals surface area contributed by atoms with Gasteiger partial charge in [0.25, 0.3) is 11.7 Å². The fraction of sp³-hybridized carbons (Fsp3) is 0.267. The average Bonchev–Trinajstić information content (AvgIpc) is 2.92. The first-order valence-corrected chi connectivity index (χ1v) is 6.74. The Labute approximate surface area is 128 Å². The Morgan fingerprint density at radius 2 is 1.65 bits per heavy atom. The molecule has 0 radical (unpaired) electrons. The lowest BCUT2D eigenvalue weighted by Crippen LogP contribution is -2.35. The summed E-state index contributed by atoms with van der Waals surface area (Å²) in [6, 6.07) is 2.97. The number of rotatable bonds is 2. The van der Waals surface area contributed by atoms with E-state index < -0.39 is 52.0 Å². The number of ether oxygens (including phenoxy) is 1. The molecule has 3 rings (SSSR count). The molecule has 120 valence electrons. The standard InChI is InChI=1S/C15H11F2NO5/c1-15(11-7(16)3-2-4-8(11)17)13(22)12(21)14(23-15)18-9(19)5-6-10(18)20/h2-4,21H,5-6H2,1H3. The monoisotopic (exact) mass is 323 g/mol. The lowest BCUT2D eigenvalue weighted by atomic mass is 9.90. The van der Waals surface area contributed by atoms with Crippen LogP contribution in [0.3, 0.4) is 0 Å². The number of likely N-dealkylation sites (tertiary alicyclic amines) is 1. The predicted octanol–water partition coefficient (Wildman–Crippen LogP) is 1.66. The van der Waals surface area contributed by atoms with Crippen molar-refractivity contribution in [2.24, 2.45) is 0 Å². The topological polar surface area (TPSA) is 83.9 Å². The molecular formula is C15H11F2NO5. The number of aliphatic hydroxyl groups excluding tert-OH is 1. The number of carbonyl (C=O) groups is 3. The largest absolute Gasteiger partial charge is 0.501 e. The van der Waals surface area contributed by atoms with Crippen molar-refractivity contribution in [3.63, 3.8) is 0 Å². The number of halogens is 2. The zero-order valence-electron chi connectivity index (χ0n) is 11.9. The molecule has 0 saturated carbocycles. The van der Waals surface area contributed by atoms with Gasteiger partial charge in [0.1, 0.15) is 11.6 Å². The third kappa shape index (κ3) is 2.01. The Kier molecular flexibility index (Phi) is 3.20. The van der Waals surface area contributed by atoms with Gasteiger partial charge >= 0.3 is 0 Å². The molecule has 0 bridgehead atoms. The summed E-state index contributed by atoms with van der Waals surface area (Å²) in [5.74, 6) is -6.26. The lowest BCUT2D eigenvalue weighted by Gasteiger charge is -2.26. The quantitative estimate of drug-likeness (QED) is 0.837. The number of amides is 2. The highest BCUT2D eigenvalue weighted by atomic mass is 19.1. The highest BCUT2D eigenvalue weighted by molar-refractivity contribution is 6.08. The van der Waals surface area contributed by atoms with Gasteiger partial charge in [-0.2, -0.15) is 0 Å². The van der Waals surface area contributed by atoms with Crippen LogP contribution < -0.4 is 0 Å². The van der Waals surface area contributed by atoms with E-state index in [1.807, 2.05) is 0 Å². The van der Waals surface area contributed by atoms with E-state index in [2.05, 4.69) is 0 Å². The van der Waals surface area contributed by atoms with E-state index in [4.69, 9.17) is 4.74 Å². The van der Waals surface area contributed by atoms with Gasteiger partial charge in [0.2, 0.25) is 23.2 Å². The van der Waals surface area contributed by atoms with Crippen LogP contribution in [0.2, 0.25) is 0 Å². The third-order valence-electron chi connectivity index (χ3n) is 3.85. The molecule has 8 heteroatoms. The van der Waals surface area contributed by atoms with Gasteiger partial charge in [-0.1, -0.05) is 6.07 Å². The minimum atomic E-state index is -2.21. The highest BCUT2D eigenvalue weighted by Crippen LogP contribution is 2.42. The molecule has 0 aliphatic carbocycles. The summed E-state index contributed by atoms with van der Waals surface area (Å²) in [5, 5.41) is 9.95. The Bertz CT molecular complexity index is 752. The molecule has 1 aromatic rings. The smallest absolute Gasteiger partial charge is 0.252 e. The van der Waals surface area contributed by atoms with Gasteiger partial charge in [-0.25, -0.2) is 13.7 Å². The van der Waals surface area contributed by atoms with Gasteiger partial charge in [0.05, 0.1) is 5.56 Å². The first kappa shape index (κ1) is 15.1. The van der Waals surface area contributed by atoms with Crippen LogP contribution in [0.25, 0.3) is 0 Å². The maximum absolute atomic E-state index is 14.0. The number of ketones is 1. The molecule has 1 fully saturated rings. The van der Waals surface area contributed by atoms with Crippen LogP contribution in [-0.2, 0) is 24.7 Å². The molecular weight excluding hydrogens is 312 g/mol. The summed E-state index contributed by atoms with van der Waals surface area (Å²) in [4.78, 5) is 36.3. The van der Waals surface area contributed by atoms with Crippen LogP contribution >= 0.6 is 0 Å². The van der Waals surface area contributed by atoms with Crippen LogP contribution in [-0.4, -0.2) is 27.6 Å². The van der Waals surface area contributed by atoms with Crippen molar-refractivity contribution in [2.75, 3.05) is 0 Å². The van der Waals surface area contributed by atoms with Crippen molar-refractivity contribution < 1.29 is 33.0 Å². The van der Waals surface area contributed by atoms with Gasteiger partial charge in [0.15, 0.2) is 0 Å². The molecule has 2 aliphatic rings. The molecule has 1 saturated heterocycles. The number of carbonyl (C=O) groups excluding carboxylic acids is 3. The van der Waals surface area contributed by atoms with Crippen LogP contribution in [0, 0.1) is 11.6 Å². The number of imide groups is 1. The van der Waals surface area contributed by atoms with Crippen LogP contribution in [0.15, 0.2) is 29.8 Å². The van der Waals surface area contributed by atoms with Gasteiger partial charge in [-0.15, -0.1) is 0 Å². The number of hydrogen-bond donors (Lipinski definition) is 1. The Morgan fingerprint density at radius 3 is 2.17 bits per heavy atom. The predicted molar refractivity (Wildman–Crippen MR) is 70.5 cm³/mol. The van der Waals surface area contributed by atoms with Crippen molar-refractivity contribution in [1.82, 2.24) is 4.90 Å². The maximum Gasteiger partial charge on any atom is 0.252 e. The third-order valence-corrected chi connectivity index (χ3v) is 3.85. The number of hydrogen-bond acceptors (Lipinski definition) is 5. The van der Waals surface area contributed by atoms with Gasteiger partial charge in [-0.3, -0.25) is 14.4 Å². The lowest BCUT2D eigenvalue weighted by molar-refractivity contribution is -0.144. The molecule has 1 atom stereocenters. The molecule has 6 nitrogen and oxygen atoms in total. The second-order valence-electron chi connectivity index (χ2n) is 5.34. The van der Waals surface area contributed by atoms with Gasteiger partial charge < -0.3 is 9.84 Å². The summed E-state index contributed by atoms with van der Waals surface area (Å²) in [6.07, 6.45) is -0.199. The zero-order chi connectivity index (χ0) is 16.9. The van der Waals surface area contributed by atoms with Crippen molar-refractivity contribution in [2.45, 2.75) is 25.4 Å². The number of benzene rings is 1. The minimum absolute atomic E-state index is 0.0993. The summed E-state index contributed by atoms with van der Waals surface area (Å²) < 4.78 is 33.2. The van der Waals surface area contributed by atoms with E-state index in [1.54, 1.807) is 0 Å². The zero-order valence-corrected chi connectivity index (χ0v) is 11.9. The van der Waals surface area contributed by atoms with Crippen LogP contribution in [0.1, 0.15) is 25.3 Å². The summed E-state index contributed by atoms with van der Waals surface area (Å²) in [7, 11) is 0. The van der Waals surface area contributed by atoms with E-state index in [9.17, 15) is 28.3 Å². The summed E-state index contributed by atoms with van der Waals surface area (Å²) >= 11 is 0. The van der Waals surface area contributed by atoms with Crippen molar-refractivity contribution in [1.29, 1.82) is 0 Å². The SMILES string of the molecule is CC1(c2c(F)cccc2F)OC(N2C(=O)CCC2=O)=C(O)C1=O. The molecule has 1 aromatic carbocycles. The van der Waals surface area contributed by atoms with E-state index in [0.29, 0.717) is 4.90 Å². The van der Waals surface area contributed by atoms with Gasteiger partial charge in [-0.05, 0) is 19.1 Å². The molecule has 2 aliphatic heterocycles. The number of aliphatic hydroxyl groups is 1. The van der Waals surface area contributed by atoms with Crippen molar-refractivity contribution in [3.8, 4) is 0 Å². The Morgan fingerprint density at radius 1 is 1.13 bits per heavy atom. The highest BCUT2D eigenvalue weighted by Gasteiger charge is 2.54. The fourth-order valence-corrected chi connectivity index (χ4v) is 2.68. The van der Waals surface area contributed by atoms with Crippen LogP contribution in [0.4, 0.5) is 8.78 Å². The van der Waals surface area contributed by atoms with E-state index in [0.717, 1.165) is 25.1 Å². The van der Waals surface area contributed by atoms with Gasteiger partial charge in [0, 0.05) is 12.8 Å². The normalized spacial score (nSPS) is 24.7. The second-order valence-corrected chi connectivity index (χ2v) is 5.34. The van der Waals surface area contributed by atoms with E-state index in [-0.39, 0.29) is 12.8 Å². The first-order valence-electron chi connectivity index (χ1n) is 6.74. The average molecular weight is 323 g/mol. The molecule has 1 N–H and O–H groups in total. The molecule has 0 spiro atoms. The van der Waals surface area contributed by atoms with E-state index in [1.165, 1.54) is 0 Å². The van der Waals surface area contributed by atoms with Crippen molar-refractivity contribution in [3.05, 3.63) is 47.0 Å². The van der Waals surface area contributed by atoms with E-state index >= 15 is 0 Å². The summed E-state index contributed by atoms with van der Waals surface area (Å²) in [6.45, 7) is 1.06. The van der Waals surface area contributed by atoms with Crippen molar-refractivity contribution >= 4 is 17.6 Å². The first-order chi connectivity index (χ1) is 10.8. The maximum atomic E-state index is 14.0. The Balaban J connectivity index is 2.08. The second kappa shape index (κ2) is 4.87. The Hall–Kier alpha value is -2.77. The molecule has 1 unspecified atom stereocenters. The fourth-order valence-electron chi connectivity index (χ4n) is 2.68. The molecule has 2 amide bonds. The molecule has 2 heterocycles. The summed E-state index contributed by atoms with van der Waals surface area (Å²) in [5.41, 5.74) is -2.91. The molecule has 23 heavy (non-hydrogen) atoms. The molecule has 0 aromatic heterocycles. The minimum Gasteiger partial charge on any atom is -0.501 e. The van der Waals surface area contributed by atoms with Crippen LogP contribution in [0.5, 0.6) is 0 Å².